The van der Waals surface area contributed by atoms with Gasteiger partial charge in [-0.3, -0.25) is 0 Å². The minimum atomic E-state index is 0.500. The molecule has 2 nitrogen and oxygen atoms in total. The average molecular weight is 479 g/mol. The maximum atomic E-state index is 3.44. The molecule has 2 heteroatoms. The molecule has 0 aliphatic heterocycles. The number of rotatable bonds is 0. The van der Waals surface area contributed by atoms with Crippen LogP contribution >= 0.6 is 0 Å². The van der Waals surface area contributed by atoms with Crippen molar-refractivity contribution < 1.29 is 0 Å². The van der Waals surface area contributed by atoms with Gasteiger partial charge in [0.15, 0.2) is 0 Å². The second-order valence-electron chi connectivity index (χ2n) is 10.0. The van der Waals surface area contributed by atoms with Crippen LogP contribution in [0.4, 0.5) is 0 Å². The normalized spacial score (nSPS) is 8.46. The van der Waals surface area contributed by atoms with E-state index in [-0.39, 0.29) is 0 Å². The van der Waals surface area contributed by atoms with Gasteiger partial charge in [0.05, 0.1) is 6.01 Å². The summed E-state index contributed by atoms with van der Waals surface area (Å²) in [6, 6.07) is 38.4. The van der Waals surface area contributed by atoms with Gasteiger partial charge in [-0.2, -0.15) is 0 Å². The molecule has 0 unspecified atom stereocenters. The van der Waals surface area contributed by atoms with E-state index in [1.165, 1.54) is 0 Å². The first-order valence-corrected chi connectivity index (χ1v) is 12.3. The molecule has 0 saturated heterocycles. The van der Waals surface area contributed by atoms with E-state index in [9.17, 15) is 0 Å². The topological polar surface area (TPSA) is 24.7 Å². The van der Waals surface area contributed by atoms with E-state index in [0.29, 0.717) is 10.8 Å². The van der Waals surface area contributed by atoms with Crippen molar-refractivity contribution in [3.05, 3.63) is 109 Å². The monoisotopic (exact) mass is 478 g/mol. The molecule has 0 aliphatic rings. The smallest absolute Gasteiger partial charge is 0.0886 e. The predicted molar refractivity (Wildman–Crippen MR) is 163 cm³/mol. The van der Waals surface area contributed by atoms with Crippen LogP contribution in [-0.2, 0) is 0 Å². The largest absolute Gasteiger partial charge is 0.229 e. The summed E-state index contributed by atoms with van der Waals surface area (Å²) < 4.78 is 0. The highest BCUT2D eigenvalue weighted by Gasteiger charge is 1.96. The molecule has 196 valence electrons. The molecule has 0 aromatic heterocycles. The summed E-state index contributed by atoms with van der Waals surface area (Å²) in [6.07, 6.45) is 0. The Hall–Kier alpha value is -2.96. The van der Waals surface area contributed by atoms with Crippen molar-refractivity contribution in [3.8, 4) is 0 Å². The van der Waals surface area contributed by atoms with Gasteiger partial charge in [0.1, 0.15) is 0 Å². The summed E-state index contributed by atoms with van der Waals surface area (Å²) in [4.78, 5) is 6.88. The Morgan fingerprint density at radius 1 is 0.343 bits per heavy atom. The Morgan fingerprint density at radius 3 is 0.457 bits per heavy atom. The van der Waals surface area contributed by atoms with E-state index in [1.807, 2.05) is 123 Å². The zero-order chi connectivity index (χ0) is 27.8. The van der Waals surface area contributed by atoms with Gasteiger partial charge in [0.2, 0.25) is 0 Å². The Labute approximate surface area is 219 Å². The number of hydrogen-bond acceptors (Lipinski definition) is 2. The van der Waals surface area contributed by atoms with Crippen LogP contribution in [0.3, 0.4) is 0 Å². The van der Waals surface area contributed by atoms with Crippen LogP contribution in [0.1, 0.15) is 69.2 Å². The summed E-state index contributed by atoms with van der Waals surface area (Å²) in [7, 11) is 3.26. The maximum absolute atomic E-state index is 3.44. The molecular formula is C33H54N2. The molecule has 35 heavy (non-hydrogen) atoms. The molecule has 0 bridgehead atoms. The van der Waals surface area contributed by atoms with Crippen molar-refractivity contribution in [1.82, 2.24) is 0 Å². The second kappa shape index (κ2) is 31.0. The quantitative estimate of drug-likeness (QED) is 0.287. The standard InChI is InChI=1S/3C6H6.2C5H12.C3H6N2.C2H6/c3*1-2-4-6-5-3-1;2*1-5(2,3)4;1-4-3-5-2;1-2/h3*1-6H;2*1-4H3;1-2H3;1-2H3. The van der Waals surface area contributed by atoms with Crippen LogP contribution in [0.5, 0.6) is 0 Å². The summed E-state index contributed by atoms with van der Waals surface area (Å²) in [6.45, 7) is 21.5. The van der Waals surface area contributed by atoms with Gasteiger partial charge in [-0.1, -0.05) is 178 Å². The lowest BCUT2D eigenvalue weighted by Gasteiger charge is -2.05. The lowest BCUT2D eigenvalue weighted by molar-refractivity contribution is 0.469. The summed E-state index contributed by atoms with van der Waals surface area (Å²) >= 11 is 0. The third-order valence-electron chi connectivity index (χ3n) is 2.20. The number of nitrogens with zero attached hydrogens (tertiary/aromatic N) is 2. The van der Waals surface area contributed by atoms with Crippen molar-refractivity contribution in [3.63, 3.8) is 0 Å². The fraction of sp³-hybridized carbons (Fsp3) is 0.424. The van der Waals surface area contributed by atoms with Gasteiger partial charge >= 0.3 is 0 Å². The van der Waals surface area contributed by atoms with Crippen LogP contribution in [0.15, 0.2) is 119 Å². The molecule has 0 spiro atoms. The molecule has 0 fully saturated rings. The molecule has 0 radical (unpaired) electrons. The van der Waals surface area contributed by atoms with Crippen molar-refractivity contribution in [2.45, 2.75) is 69.2 Å². The van der Waals surface area contributed by atoms with Gasteiger partial charge in [-0.05, 0) is 10.8 Å². The van der Waals surface area contributed by atoms with Crippen molar-refractivity contribution >= 4 is 6.01 Å². The fourth-order valence-electron chi connectivity index (χ4n) is 1.25. The van der Waals surface area contributed by atoms with Gasteiger partial charge in [-0.15, -0.1) is 0 Å². The van der Waals surface area contributed by atoms with Crippen LogP contribution in [0.25, 0.3) is 0 Å². The summed E-state index contributed by atoms with van der Waals surface area (Å²) in [5.41, 5.74) is 1.00. The van der Waals surface area contributed by atoms with E-state index in [0.717, 1.165) is 0 Å². The molecule has 3 aromatic carbocycles. The highest BCUT2D eigenvalue weighted by molar-refractivity contribution is 5.39. The van der Waals surface area contributed by atoms with Crippen LogP contribution < -0.4 is 0 Å². The second-order valence-corrected chi connectivity index (χ2v) is 10.0. The van der Waals surface area contributed by atoms with Crippen molar-refractivity contribution in [2.75, 3.05) is 14.1 Å². The fourth-order valence-corrected chi connectivity index (χ4v) is 1.25. The minimum Gasteiger partial charge on any atom is -0.229 e. The summed E-state index contributed by atoms with van der Waals surface area (Å²) in [5, 5.41) is 0. The third-order valence-corrected chi connectivity index (χ3v) is 2.20. The van der Waals surface area contributed by atoms with E-state index >= 15 is 0 Å². The van der Waals surface area contributed by atoms with Gasteiger partial charge in [-0.25, -0.2) is 9.98 Å². The molecular weight excluding hydrogens is 424 g/mol. The van der Waals surface area contributed by atoms with Crippen molar-refractivity contribution in [1.29, 1.82) is 0 Å². The van der Waals surface area contributed by atoms with E-state index in [4.69, 9.17) is 0 Å². The Balaban J connectivity index is -0.000000163. The van der Waals surface area contributed by atoms with Crippen molar-refractivity contribution in [2.24, 2.45) is 20.8 Å². The molecule has 3 rings (SSSR count). The first-order chi connectivity index (χ1) is 16.4. The zero-order valence-electron chi connectivity index (χ0n) is 24.8. The Morgan fingerprint density at radius 2 is 0.429 bits per heavy atom. The zero-order valence-corrected chi connectivity index (χ0v) is 24.8. The lowest BCUT2D eigenvalue weighted by Crippen LogP contribution is -1.93. The van der Waals surface area contributed by atoms with Gasteiger partial charge in [0, 0.05) is 14.1 Å². The third kappa shape index (κ3) is 90.2. The molecule has 0 amide bonds. The van der Waals surface area contributed by atoms with Crippen LogP contribution in [0, 0.1) is 10.8 Å². The molecule has 0 N–H and O–H groups in total. The molecule has 0 aliphatic carbocycles. The first-order valence-electron chi connectivity index (χ1n) is 12.3. The maximum Gasteiger partial charge on any atom is 0.0886 e. The van der Waals surface area contributed by atoms with E-state index in [1.54, 1.807) is 14.1 Å². The number of benzene rings is 3. The highest BCUT2D eigenvalue weighted by atomic mass is 14.7. The first kappa shape index (κ1) is 39.3. The molecule has 3 aromatic rings. The molecule has 0 atom stereocenters. The van der Waals surface area contributed by atoms with E-state index in [2.05, 4.69) is 71.4 Å². The molecule has 0 saturated carbocycles. The van der Waals surface area contributed by atoms with Gasteiger partial charge in [0.25, 0.3) is 0 Å². The van der Waals surface area contributed by atoms with Gasteiger partial charge < -0.3 is 0 Å². The minimum absolute atomic E-state index is 0.500. The summed E-state index contributed by atoms with van der Waals surface area (Å²) in [5.74, 6) is 0. The Bertz CT molecular complexity index is 562. The van der Waals surface area contributed by atoms with Crippen LogP contribution in [-0.4, -0.2) is 20.1 Å². The lowest BCUT2D eigenvalue weighted by atomic mass is 10.0. The Kier molecular flexibility index (Phi) is 34.8. The SMILES string of the molecule is CC.CC(C)(C)C.CC(C)(C)C.CN=C=NC.c1ccccc1.c1ccccc1.c1ccccc1. The highest BCUT2D eigenvalue weighted by Crippen LogP contribution is 2.08. The van der Waals surface area contributed by atoms with Crippen LogP contribution in [0.2, 0.25) is 0 Å². The molecule has 0 heterocycles. The van der Waals surface area contributed by atoms with E-state index < -0.39 is 0 Å². The number of aliphatic imine (C=N–C) groups is 2. The number of hydrogen-bond donors (Lipinski definition) is 0. The average Bonchev–Trinajstić information content (AvgIpc) is 2.83. The predicted octanol–water partition coefficient (Wildman–Crippen LogP) is 10.6.